The molecule has 1 aromatic carbocycles. The summed E-state index contributed by atoms with van der Waals surface area (Å²) in [6.45, 7) is -0.672. The number of hydrogen-bond donors (Lipinski definition) is 3. The molecule has 0 aliphatic carbocycles. The summed E-state index contributed by atoms with van der Waals surface area (Å²) in [5.74, 6) is -0.972. The van der Waals surface area contributed by atoms with Crippen LogP contribution in [0.1, 0.15) is 16.8 Å². The zero-order chi connectivity index (χ0) is 16.1. The maximum Gasteiger partial charge on any atom is 0.507 e. The van der Waals surface area contributed by atoms with Crippen LogP contribution in [0, 0.1) is 0 Å². The van der Waals surface area contributed by atoms with Crippen LogP contribution >= 0.6 is 0 Å². The van der Waals surface area contributed by atoms with Gasteiger partial charge in [0.05, 0.1) is 6.04 Å². The first-order valence-corrected chi connectivity index (χ1v) is 6.67. The minimum Gasteiger partial charge on any atom is -0.450 e. The van der Waals surface area contributed by atoms with E-state index in [1.165, 1.54) is 0 Å². The number of amides is 2. The number of aliphatic hydroxyl groups is 1. The fraction of sp³-hybridized carbons (Fsp3) is 0.357. The third-order valence-electron chi connectivity index (χ3n) is 3.31. The number of nitrogens with one attached hydrogen (secondary N) is 1. The Bertz CT molecular complexity index is 562. The lowest BCUT2D eigenvalue weighted by molar-refractivity contribution is -0.141. The Balaban J connectivity index is 2.02. The highest BCUT2D eigenvalue weighted by atomic mass is 16.7. The summed E-state index contributed by atoms with van der Waals surface area (Å²) < 4.78 is 4.62. The smallest absolute Gasteiger partial charge is 0.450 e. The van der Waals surface area contributed by atoms with Gasteiger partial charge in [-0.05, 0) is 12.1 Å². The summed E-state index contributed by atoms with van der Waals surface area (Å²) in [5, 5.41) is 20.3. The number of rotatable bonds is 4. The number of carboxylic acid groups (broad SMARTS) is 1. The van der Waals surface area contributed by atoms with E-state index in [1.54, 1.807) is 30.3 Å². The van der Waals surface area contributed by atoms with Gasteiger partial charge in [-0.3, -0.25) is 9.59 Å². The average molecular weight is 308 g/mol. The van der Waals surface area contributed by atoms with Gasteiger partial charge in [-0.25, -0.2) is 4.79 Å². The van der Waals surface area contributed by atoms with E-state index in [2.05, 4.69) is 10.1 Å². The van der Waals surface area contributed by atoms with Crippen molar-refractivity contribution in [3.05, 3.63) is 35.9 Å². The monoisotopic (exact) mass is 308 g/mol. The number of nitrogens with zero attached hydrogens (tertiary/aromatic N) is 1. The highest BCUT2D eigenvalue weighted by Crippen LogP contribution is 2.20. The lowest BCUT2D eigenvalue weighted by Gasteiger charge is -2.21. The first-order chi connectivity index (χ1) is 10.5. The number of ether oxygens (including phenoxy) is 1. The van der Waals surface area contributed by atoms with E-state index in [0.717, 1.165) is 4.90 Å². The van der Waals surface area contributed by atoms with E-state index < -0.39 is 30.9 Å². The van der Waals surface area contributed by atoms with E-state index in [4.69, 9.17) is 10.2 Å². The van der Waals surface area contributed by atoms with Crippen molar-refractivity contribution in [3.8, 4) is 0 Å². The zero-order valence-corrected chi connectivity index (χ0v) is 11.6. The number of carbonyl (C=O) groups excluding carboxylic acids is 2. The Morgan fingerprint density at radius 2 is 1.95 bits per heavy atom. The van der Waals surface area contributed by atoms with Gasteiger partial charge in [0, 0.05) is 18.5 Å². The summed E-state index contributed by atoms with van der Waals surface area (Å²) in [6.07, 6.45) is -2.40. The molecule has 1 fully saturated rings. The molecule has 1 saturated heterocycles. The molecule has 2 atom stereocenters. The third-order valence-corrected chi connectivity index (χ3v) is 3.31. The van der Waals surface area contributed by atoms with Gasteiger partial charge in [0.25, 0.3) is 11.8 Å². The van der Waals surface area contributed by atoms with Crippen LogP contribution in [0.15, 0.2) is 30.3 Å². The lowest BCUT2D eigenvalue weighted by atomic mass is 10.2. The minimum atomic E-state index is -1.52. The highest BCUT2D eigenvalue weighted by Gasteiger charge is 2.38. The Hall–Kier alpha value is -2.61. The van der Waals surface area contributed by atoms with Crippen LogP contribution in [0.4, 0.5) is 4.79 Å². The van der Waals surface area contributed by atoms with E-state index in [1.807, 2.05) is 0 Å². The van der Waals surface area contributed by atoms with Crippen molar-refractivity contribution in [1.29, 1.82) is 0 Å². The van der Waals surface area contributed by atoms with Crippen molar-refractivity contribution in [1.82, 2.24) is 10.2 Å². The second-order valence-electron chi connectivity index (χ2n) is 4.81. The Morgan fingerprint density at radius 3 is 2.55 bits per heavy atom. The second kappa shape index (κ2) is 6.90. The predicted octanol–water partition coefficient (Wildman–Crippen LogP) is 0.0303. The van der Waals surface area contributed by atoms with Crippen LogP contribution in [0.2, 0.25) is 0 Å². The Kier molecular flexibility index (Phi) is 4.95. The first-order valence-electron chi connectivity index (χ1n) is 6.67. The van der Waals surface area contributed by atoms with Crippen molar-refractivity contribution >= 4 is 18.0 Å². The molecule has 2 amide bonds. The van der Waals surface area contributed by atoms with Gasteiger partial charge in [0.15, 0.2) is 6.23 Å². The van der Waals surface area contributed by atoms with Gasteiger partial charge >= 0.3 is 6.16 Å². The van der Waals surface area contributed by atoms with Crippen LogP contribution in [-0.2, 0) is 9.53 Å². The van der Waals surface area contributed by atoms with Crippen molar-refractivity contribution in [2.45, 2.75) is 18.7 Å². The van der Waals surface area contributed by atoms with E-state index in [-0.39, 0.29) is 18.9 Å². The molecular formula is C14H16N2O6. The van der Waals surface area contributed by atoms with E-state index >= 15 is 0 Å². The topological polar surface area (TPSA) is 116 Å². The normalized spacial score (nSPS) is 20.5. The molecule has 2 rings (SSSR count). The molecule has 8 heteroatoms. The molecule has 118 valence electrons. The maximum absolute atomic E-state index is 12.1. The molecule has 1 aromatic rings. The predicted molar refractivity (Wildman–Crippen MR) is 74.0 cm³/mol. The summed E-state index contributed by atoms with van der Waals surface area (Å²) in [6, 6.07) is 8.07. The molecule has 1 heterocycles. The lowest BCUT2D eigenvalue weighted by Crippen LogP contribution is -2.41. The molecule has 0 saturated carbocycles. The van der Waals surface area contributed by atoms with Gasteiger partial charge in [0.1, 0.15) is 6.61 Å². The van der Waals surface area contributed by atoms with Crippen LogP contribution in [0.25, 0.3) is 0 Å². The van der Waals surface area contributed by atoms with E-state index in [0.29, 0.717) is 5.56 Å². The summed E-state index contributed by atoms with van der Waals surface area (Å²) in [5.41, 5.74) is 0.463. The number of likely N-dealkylation sites (tertiary alicyclic amines) is 1. The third kappa shape index (κ3) is 3.73. The van der Waals surface area contributed by atoms with Crippen molar-refractivity contribution in [3.63, 3.8) is 0 Å². The van der Waals surface area contributed by atoms with Gasteiger partial charge in [-0.15, -0.1) is 0 Å². The van der Waals surface area contributed by atoms with Crippen molar-refractivity contribution in [2.75, 3.05) is 13.2 Å². The first kappa shape index (κ1) is 15.8. The molecule has 0 radical (unpaired) electrons. The molecule has 22 heavy (non-hydrogen) atoms. The molecule has 0 bridgehead atoms. The van der Waals surface area contributed by atoms with Gasteiger partial charge in [-0.1, -0.05) is 18.2 Å². The molecule has 1 aliphatic rings. The van der Waals surface area contributed by atoms with Crippen LogP contribution in [0.3, 0.4) is 0 Å². The minimum absolute atomic E-state index is 0.0793. The standard InChI is InChI=1S/C14H16N2O6/c17-8-11(18)16-7-10(6-12(16)22-14(20)21)15-13(19)9-4-2-1-3-5-9/h1-5,10,12,17H,6-8H2,(H,15,19)(H,20,21)/t10-,12+/m1/s1. The SMILES string of the molecule is O=C(O)O[C@H]1C[C@@H](NC(=O)c2ccccc2)CN1C(=O)CO. The Morgan fingerprint density at radius 1 is 1.27 bits per heavy atom. The number of benzene rings is 1. The Labute approximate surface area is 126 Å². The largest absolute Gasteiger partial charge is 0.507 e. The van der Waals surface area contributed by atoms with Crippen LogP contribution < -0.4 is 5.32 Å². The molecule has 1 aliphatic heterocycles. The fourth-order valence-corrected chi connectivity index (χ4v) is 2.34. The molecular weight excluding hydrogens is 292 g/mol. The molecule has 0 aromatic heterocycles. The molecule has 0 unspecified atom stereocenters. The summed E-state index contributed by atoms with van der Waals surface area (Å²) in [4.78, 5) is 35.4. The second-order valence-corrected chi connectivity index (χ2v) is 4.81. The van der Waals surface area contributed by atoms with Gasteiger partial charge < -0.3 is 25.2 Å². The van der Waals surface area contributed by atoms with Crippen molar-refractivity contribution in [2.24, 2.45) is 0 Å². The van der Waals surface area contributed by atoms with Gasteiger partial charge in [-0.2, -0.15) is 0 Å². The summed E-state index contributed by atoms with van der Waals surface area (Å²) in [7, 11) is 0. The number of hydrogen-bond acceptors (Lipinski definition) is 5. The number of aliphatic hydroxyl groups excluding tert-OH is 1. The molecule has 3 N–H and O–H groups in total. The number of carbonyl (C=O) groups is 3. The average Bonchev–Trinajstić information content (AvgIpc) is 2.89. The van der Waals surface area contributed by atoms with Crippen LogP contribution in [-0.4, -0.2) is 58.5 Å². The highest BCUT2D eigenvalue weighted by molar-refractivity contribution is 5.94. The van der Waals surface area contributed by atoms with Gasteiger partial charge in [0.2, 0.25) is 0 Å². The van der Waals surface area contributed by atoms with Crippen LogP contribution in [0.5, 0.6) is 0 Å². The maximum atomic E-state index is 12.1. The molecule has 8 nitrogen and oxygen atoms in total. The molecule has 0 spiro atoms. The van der Waals surface area contributed by atoms with Crippen molar-refractivity contribution < 1.29 is 29.3 Å². The zero-order valence-electron chi connectivity index (χ0n) is 11.6. The summed E-state index contributed by atoms with van der Waals surface area (Å²) >= 11 is 0. The van der Waals surface area contributed by atoms with E-state index in [9.17, 15) is 14.4 Å². The quantitative estimate of drug-likeness (QED) is 0.676. The fourth-order valence-electron chi connectivity index (χ4n) is 2.34.